The van der Waals surface area contributed by atoms with Gasteiger partial charge in [-0.05, 0) is 52.7 Å². The Labute approximate surface area is 170 Å². The zero-order chi connectivity index (χ0) is 21.9. The Bertz CT molecular complexity index is 819. The molecule has 2 rings (SSSR count). The molecule has 2 atom stereocenters. The molecule has 2 heterocycles. The number of carbonyl (C=O) groups is 2. The number of esters is 2. The molecule has 0 aliphatic rings. The van der Waals surface area contributed by atoms with Gasteiger partial charge in [0, 0.05) is 28.9 Å². The second-order valence-electron chi connectivity index (χ2n) is 7.30. The Morgan fingerprint density at radius 1 is 0.793 bits per heavy atom. The van der Waals surface area contributed by atoms with Gasteiger partial charge in [-0.1, -0.05) is 0 Å². The van der Waals surface area contributed by atoms with Crippen LogP contribution in [-0.4, -0.2) is 45.3 Å². The molecular weight excluding hydrogens is 376 g/mol. The number of aliphatic hydroxyl groups excluding tert-OH is 2. The molecule has 0 aromatic carbocycles. The average Bonchev–Trinajstić information content (AvgIpc) is 3.09. The number of aliphatic hydroxyl groups is 2. The Balaban J connectivity index is 1.85. The van der Waals surface area contributed by atoms with Crippen LogP contribution in [0.4, 0.5) is 0 Å². The van der Waals surface area contributed by atoms with Crippen LogP contribution in [0.25, 0.3) is 0 Å². The maximum atomic E-state index is 12.2. The van der Waals surface area contributed by atoms with Crippen LogP contribution >= 0.6 is 0 Å². The first-order valence-corrected chi connectivity index (χ1v) is 9.64. The van der Waals surface area contributed by atoms with Crippen molar-refractivity contribution < 1.29 is 29.3 Å². The first-order chi connectivity index (χ1) is 13.6. The summed E-state index contributed by atoms with van der Waals surface area (Å²) in [6.07, 6.45) is -1.01. The maximum Gasteiger partial charge on any atom is 0.355 e. The van der Waals surface area contributed by atoms with Crippen LogP contribution in [-0.2, 0) is 9.47 Å². The number of aromatic nitrogens is 2. The Kier molecular flexibility index (Phi) is 7.26. The lowest BCUT2D eigenvalue weighted by Gasteiger charge is -2.07. The molecule has 160 valence electrons. The van der Waals surface area contributed by atoms with E-state index in [2.05, 4.69) is 9.97 Å². The number of aromatic amines is 2. The molecule has 2 aromatic rings. The van der Waals surface area contributed by atoms with Gasteiger partial charge in [0.25, 0.3) is 0 Å². The Hall–Kier alpha value is -2.58. The fourth-order valence-corrected chi connectivity index (χ4v) is 3.72. The number of hydrogen-bond donors (Lipinski definition) is 4. The van der Waals surface area contributed by atoms with E-state index in [0.717, 1.165) is 11.4 Å². The summed E-state index contributed by atoms with van der Waals surface area (Å²) in [7, 11) is 0. The fourth-order valence-electron chi connectivity index (χ4n) is 3.72. The fraction of sp³-hybridized carbons (Fsp3) is 0.524. The second-order valence-corrected chi connectivity index (χ2v) is 7.30. The molecule has 29 heavy (non-hydrogen) atoms. The van der Waals surface area contributed by atoms with Crippen LogP contribution in [0, 0.1) is 27.7 Å². The van der Waals surface area contributed by atoms with Crippen molar-refractivity contribution in [1.29, 1.82) is 0 Å². The van der Waals surface area contributed by atoms with E-state index >= 15 is 0 Å². The van der Waals surface area contributed by atoms with Crippen molar-refractivity contribution in [2.75, 3.05) is 13.2 Å². The molecule has 0 aliphatic carbocycles. The van der Waals surface area contributed by atoms with E-state index in [1.54, 1.807) is 41.5 Å². The van der Waals surface area contributed by atoms with Crippen molar-refractivity contribution in [3.05, 3.63) is 45.0 Å². The molecule has 0 amide bonds. The molecule has 0 fully saturated rings. The molecule has 8 nitrogen and oxygen atoms in total. The molecule has 2 aromatic heterocycles. The molecule has 0 saturated carbocycles. The van der Waals surface area contributed by atoms with Gasteiger partial charge < -0.3 is 29.7 Å². The van der Waals surface area contributed by atoms with Crippen LogP contribution < -0.4 is 0 Å². The minimum absolute atomic E-state index is 0.0926. The number of H-pyrrole nitrogens is 2. The van der Waals surface area contributed by atoms with Crippen molar-refractivity contribution in [1.82, 2.24) is 9.97 Å². The molecule has 0 aliphatic heterocycles. The summed E-state index contributed by atoms with van der Waals surface area (Å²) in [6.45, 7) is 10.6. The number of hydrogen-bond acceptors (Lipinski definition) is 6. The van der Waals surface area contributed by atoms with Gasteiger partial charge in [0.1, 0.15) is 11.4 Å². The van der Waals surface area contributed by atoms with Gasteiger partial charge in [-0.3, -0.25) is 0 Å². The van der Waals surface area contributed by atoms with Crippen LogP contribution in [0.5, 0.6) is 0 Å². The lowest BCUT2D eigenvalue weighted by atomic mass is 10.1. The van der Waals surface area contributed by atoms with Crippen LogP contribution in [0.3, 0.4) is 0 Å². The van der Waals surface area contributed by atoms with Crippen LogP contribution in [0.2, 0.25) is 0 Å². The quantitative estimate of drug-likeness (QED) is 0.394. The van der Waals surface area contributed by atoms with Gasteiger partial charge in [-0.25, -0.2) is 9.59 Å². The van der Waals surface area contributed by atoms with Crippen molar-refractivity contribution >= 4 is 11.9 Å². The monoisotopic (exact) mass is 406 g/mol. The topological polar surface area (TPSA) is 125 Å². The first kappa shape index (κ1) is 22.7. The number of ether oxygens (including phenoxy) is 2. The standard InChI is InChI=1S/C21H30N2O6/c1-10-16(14(5)24)12(3)22-18(10)20(26)28-8-7-9-29-21(27)19-11(2)17(15(6)25)13(4)23-19/h14-15,22-25H,7-9H2,1-6H3/t14-,15-/m1/s1. The number of rotatable bonds is 8. The average molecular weight is 406 g/mol. The third-order valence-electron chi connectivity index (χ3n) is 4.99. The molecule has 8 heteroatoms. The molecule has 0 unspecified atom stereocenters. The van der Waals surface area contributed by atoms with E-state index in [1.807, 2.05) is 0 Å². The highest BCUT2D eigenvalue weighted by Crippen LogP contribution is 2.26. The summed E-state index contributed by atoms with van der Waals surface area (Å²) in [5.74, 6) is -1.03. The molecule has 0 spiro atoms. The maximum absolute atomic E-state index is 12.2. The number of aryl methyl sites for hydroxylation is 2. The van der Waals surface area contributed by atoms with Crippen molar-refractivity contribution in [3.63, 3.8) is 0 Å². The van der Waals surface area contributed by atoms with E-state index in [4.69, 9.17) is 9.47 Å². The smallest absolute Gasteiger partial charge is 0.355 e. The predicted octanol–water partition coefficient (Wildman–Crippen LogP) is 3.09. The first-order valence-electron chi connectivity index (χ1n) is 9.64. The third kappa shape index (κ3) is 4.89. The van der Waals surface area contributed by atoms with Gasteiger partial charge >= 0.3 is 11.9 Å². The lowest BCUT2D eigenvalue weighted by molar-refractivity contribution is 0.0388. The van der Waals surface area contributed by atoms with Gasteiger partial charge in [0.05, 0.1) is 25.4 Å². The van der Waals surface area contributed by atoms with E-state index < -0.39 is 24.1 Å². The van der Waals surface area contributed by atoms with E-state index in [1.165, 1.54) is 0 Å². The third-order valence-corrected chi connectivity index (χ3v) is 4.99. The molecule has 0 saturated heterocycles. The molecule has 0 bridgehead atoms. The molecule has 0 radical (unpaired) electrons. The summed E-state index contributed by atoms with van der Waals surface area (Å²) < 4.78 is 10.5. The largest absolute Gasteiger partial charge is 0.461 e. The van der Waals surface area contributed by atoms with E-state index in [-0.39, 0.29) is 13.2 Å². The minimum atomic E-state index is -0.679. The Morgan fingerprint density at radius 2 is 1.14 bits per heavy atom. The highest BCUT2D eigenvalue weighted by molar-refractivity contribution is 5.90. The summed E-state index contributed by atoms with van der Waals surface area (Å²) in [4.78, 5) is 30.4. The Morgan fingerprint density at radius 3 is 1.41 bits per heavy atom. The zero-order valence-corrected chi connectivity index (χ0v) is 17.8. The van der Waals surface area contributed by atoms with Crippen molar-refractivity contribution in [3.8, 4) is 0 Å². The van der Waals surface area contributed by atoms with Gasteiger partial charge in [-0.2, -0.15) is 0 Å². The number of carbonyl (C=O) groups excluding carboxylic acids is 2. The van der Waals surface area contributed by atoms with Crippen molar-refractivity contribution in [2.45, 2.75) is 60.2 Å². The molecule has 4 N–H and O–H groups in total. The lowest BCUT2D eigenvalue weighted by Crippen LogP contribution is -2.13. The van der Waals surface area contributed by atoms with Crippen LogP contribution in [0.1, 0.15) is 87.1 Å². The van der Waals surface area contributed by atoms with E-state index in [9.17, 15) is 19.8 Å². The molecular formula is C21H30N2O6. The van der Waals surface area contributed by atoms with E-state index in [0.29, 0.717) is 40.1 Å². The summed E-state index contributed by atoms with van der Waals surface area (Å²) in [5, 5.41) is 19.6. The SMILES string of the molecule is Cc1[nH]c(C(=O)OCCCOC(=O)c2[nH]c(C)c([C@@H](C)O)c2C)c(C)c1[C@@H](C)O. The van der Waals surface area contributed by atoms with Crippen molar-refractivity contribution in [2.24, 2.45) is 0 Å². The highest BCUT2D eigenvalue weighted by Gasteiger charge is 2.22. The number of nitrogens with one attached hydrogen (secondary N) is 2. The van der Waals surface area contributed by atoms with Gasteiger partial charge in [-0.15, -0.1) is 0 Å². The van der Waals surface area contributed by atoms with Crippen LogP contribution in [0.15, 0.2) is 0 Å². The predicted molar refractivity (Wildman–Crippen MR) is 107 cm³/mol. The second kappa shape index (κ2) is 9.28. The summed E-state index contributed by atoms with van der Waals surface area (Å²) in [5.41, 5.74) is 4.81. The normalized spacial score (nSPS) is 13.2. The zero-order valence-electron chi connectivity index (χ0n) is 17.8. The summed E-state index contributed by atoms with van der Waals surface area (Å²) >= 11 is 0. The summed E-state index contributed by atoms with van der Waals surface area (Å²) in [6, 6.07) is 0. The minimum Gasteiger partial charge on any atom is -0.461 e. The van der Waals surface area contributed by atoms with Gasteiger partial charge in [0.15, 0.2) is 0 Å². The highest BCUT2D eigenvalue weighted by atomic mass is 16.5. The van der Waals surface area contributed by atoms with Gasteiger partial charge in [0.2, 0.25) is 0 Å².